The summed E-state index contributed by atoms with van der Waals surface area (Å²) in [6.07, 6.45) is 0. The Balaban J connectivity index is 2.88. The van der Waals surface area contributed by atoms with E-state index in [0.717, 1.165) is 0 Å². The highest BCUT2D eigenvalue weighted by Gasteiger charge is 2.00. The van der Waals surface area contributed by atoms with Crippen LogP contribution in [0.2, 0.25) is 0 Å². The number of halogens is 1. The molecule has 2 heteroatoms. The fourth-order valence-corrected chi connectivity index (χ4v) is 1.65. The Morgan fingerprint density at radius 1 is 1.22 bits per heavy atom. The van der Waals surface area contributed by atoms with E-state index in [4.69, 9.17) is 5.11 Å². The zero-order valence-electron chi connectivity index (χ0n) is 5.13. The summed E-state index contributed by atoms with van der Waals surface area (Å²) in [6.45, 7) is 0. The Hall–Kier alpha value is -0.250. The Morgan fingerprint density at radius 3 is 2.22 bits per heavy atom. The first-order valence-electron chi connectivity index (χ1n) is 2.61. The number of aromatic hydroxyl groups is 1. The van der Waals surface area contributed by atoms with Gasteiger partial charge < -0.3 is 5.11 Å². The summed E-state index contributed by atoms with van der Waals surface area (Å²) in [5, 5.41) is 8.86. The molecule has 0 atom stereocenters. The van der Waals surface area contributed by atoms with E-state index in [2.05, 4.69) is 4.93 Å². The Kier molecular flexibility index (Phi) is 2.33. The van der Waals surface area contributed by atoms with Crippen LogP contribution < -0.4 is 21.2 Å². The summed E-state index contributed by atoms with van der Waals surface area (Å²) in [7, 11) is 0. The van der Waals surface area contributed by atoms with E-state index in [-0.39, 0.29) is 21.2 Å². The van der Waals surface area contributed by atoms with Gasteiger partial charge in [-0.25, -0.2) is 0 Å². The van der Waals surface area contributed by atoms with Crippen molar-refractivity contribution in [2.24, 2.45) is 0 Å². The molecule has 0 aliphatic heterocycles. The van der Waals surface area contributed by atoms with Crippen LogP contribution in [-0.2, 0) is 0 Å². The summed E-state index contributed by atoms with van der Waals surface area (Å²) in [6, 6.07) is 7.42. The van der Waals surface area contributed by atoms with E-state index >= 15 is 0 Å². The van der Waals surface area contributed by atoms with Crippen molar-refractivity contribution in [1.29, 1.82) is 0 Å². The molecule has 1 aromatic carbocycles. The van der Waals surface area contributed by atoms with Crippen LogP contribution >= 0.6 is 0 Å². The van der Waals surface area contributed by atoms with Crippen molar-refractivity contribution in [3.63, 3.8) is 0 Å². The van der Waals surface area contributed by atoms with Crippen molar-refractivity contribution in [3.8, 4) is 5.75 Å². The van der Waals surface area contributed by atoms with Gasteiger partial charge in [0.15, 0.2) is 3.57 Å². The van der Waals surface area contributed by atoms with Crippen molar-refractivity contribution < 1.29 is 26.3 Å². The molecule has 0 bridgehead atoms. The summed E-state index contributed by atoms with van der Waals surface area (Å²) in [5.41, 5.74) is 0. The van der Waals surface area contributed by atoms with E-state index in [0.29, 0.717) is 5.75 Å². The van der Waals surface area contributed by atoms with E-state index < -0.39 is 0 Å². The lowest BCUT2D eigenvalue weighted by molar-refractivity contribution is -0.597. The van der Waals surface area contributed by atoms with Crippen LogP contribution in [0.4, 0.5) is 0 Å². The smallest absolute Gasteiger partial charge is 0.309 e. The second-order valence-electron chi connectivity index (χ2n) is 1.67. The van der Waals surface area contributed by atoms with Crippen molar-refractivity contribution in [2.75, 3.05) is 4.93 Å². The molecule has 48 valence electrons. The summed E-state index contributed by atoms with van der Waals surface area (Å²) in [5.74, 6) is 0.358. The number of phenolic OH excluding ortho intramolecular Hbond substituents is 1. The molecule has 0 aliphatic carbocycles. The molecular formula is C7H8IO+. The average molecular weight is 235 g/mol. The molecular weight excluding hydrogens is 227 g/mol. The molecule has 1 aromatic rings. The SMILES string of the molecule is C[I+]c1ccc(O)cc1. The van der Waals surface area contributed by atoms with Crippen molar-refractivity contribution >= 4 is 0 Å². The van der Waals surface area contributed by atoms with Crippen LogP contribution in [0.3, 0.4) is 0 Å². The van der Waals surface area contributed by atoms with E-state index in [1.807, 2.05) is 12.1 Å². The average Bonchev–Trinajstić information content (AvgIpc) is 1.90. The molecule has 0 radical (unpaired) electrons. The fourth-order valence-electron chi connectivity index (χ4n) is 0.567. The molecule has 0 saturated carbocycles. The van der Waals surface area contributed by atoms with Gasteiger partial charge in [-0.2, -0.15) is 0 Å². The van der Waals surface area contributed by atoms with E-state index in [1.165, 1.54) is 3.57 Å². The number of benzene rings is 1. The lowest BCUT2D eigenvalue weighted by Crippen LogP contribution is -3.60. The van der Waals surface area contributed by atoms with E-state index in [9.17, 15) is 0 Å². The molecule has 0 saturated heterocycles. The maximum Gasteiger partial charge on any atom is 0.309 e. The monoisotopic (exact) mass is 235 g/mol. The molecule has 0 heterocycles. The Morgan fingerprint density at radius 2 is 1.78 bits per heavy atom. The zero-order chi connectivity index (χ0) is 6.69. The summed E-state index contributed by atoms with van der Waals surface area (Å²) < 4.78 is 1.37. The minimum Gasteiger partial charge on any atom is -0.508 e. The highest BCUT2D eigenvalue weighted by Crippen LogP contribution is 2.03. The quantitative estimate of drug-likeness (QED) is 0.453. The van der Waals surface area contributed by atoms with Gasteiger partial charge in [0.25, 0.3) is 0 Å². The lowest BCUT2D eigenvalue weighted by atomic mass is 10.3. The van der Waals surface area contributed by atoms with Crippen LogP contribution in [0.1, 0.15) is 0 Å². The molecule has 1 nitrogen and oxygen atoms in total. The highest BCUT2D eigenvalue weighted by atomic mass is 127. The predicted molar refractivity (Wildman–Crippen MR) is 32.7 cm³/mol. The van der Waals surface area contributed by atoms with Gasteiger partial charge in [-0.3, -0.25) is 0 Å². The van der Waals surface area contributed by atoms with Gasteiger partial charge in [-0.1, -0.05) is 0 Å². The number of phenols is 1. The molecule has 9 heavy (non-hydrogen) atoms. The molecule has 0 fully saturated rings. The van der Waals surface area contributed by atoms with Crippen molar-refractivity contribution in [2.45, 2.75) is 0 Å². The second kappa shape index (κ2) is 3.06. The first-order chi connectivity index (χ1) is 4.33. The fraction of sp³-hybridized carbons (Fsp3) is 0.143. The molecule has 1 N–H and O–H groups in total. The van der Waals surface area contributed by atoms with Crippen LogP contribution in [0.5, 0.6) is 5.75 Å². The second-order valence-corrected chi connectivity index (χ2v) is 3.99. The predicted octanol–water partition coefficient (Wildman–Crippen LogP) is -1.72. The summed E-state index contributed by atoms with van der Waals surface area (Å²) in [4.78, 5) is 2.20. The largest absolute Gasteiger partial charge is 0.508 e. The normalized spacial score (nSPS) is 9.44. The standard InChI is InChI=1S/C7H7IO/c1-8-6-2-4-7(9)5-3-6/h2-5H,1H3/p+1. The van der Waals surface area contributed by atoms with Crippen LogP contribution in [0.25, 0.3) is 0 Å². The van der Waals surface area contributed by atoms with E-state index in [1.54, 1.807) is 12.1 Å². The molecule has 1 rings (SSSR count). The number of hydrogen-bond donors (Lipinski definition) is 1. The van der Waals surface area contributed by atoms with Crippen LogP contribution in [-0.4, -0.2) is 10.0 Å². The van der Waals surface area contributed by atoms with Crippen molar-refractivity contribution in [3.05, 3.63) is 27.8 Å². The number of hydrogen-bond acceptors (Lipinski definition) is 1. The van der Waals surface area contributed by atoms with Gasteiger partial charge in [0.05, 0.1) is 0 Å². The van der Waals surface area contributed by atoms with Crippen molar-refractivity contribution in [1.82, 2.24) is 0 Å². The van der Waals surface area contributed by atoms with Gasteiger partial charge in [0.1, 0.15) is 10.7 Å². The van der Waals surface area contributed by atoms with Gasteiger partial charge in [0, 0.05) is 0 Å². The molecule has 0 spiro atoms. The Labute approximate surface area is 65.0 Å². The zero-order valence-corrected chi connectivity index (χ0v) is 7.29. The third kappa shape index (κ3) is 1.86. The molecule has 0 amide bonds. The minimum atomic E-state index is 0.185. The topological polar surface area (TPSA) is 20.2 Å². The van der Waals surface area contributed by atoms with Gasteiger partial charge in [0.2, 0.25) is 0 Å². The van der Waals surface area contributed by atoms with Gasteiger partial charge in [-0.15, -0.1) is 0 Å². The molecule has 0 aliphatic rings. The third-order valence-electron chi connectivity index (χ3n) is 1.04. The first-order valence-corrected chi connectivity index (χ1v) is 5.85. The first kappa shape index (κ1) is 6.86. The molecule has 0 unspecified atom stereocenters. The maximum atomic E-state index is 8.86. The minimum absolute atomic E-state index is 0.185. The Bertz CT molecular complexity index is 181. The third-order valence-corrected chi connectivity index (χ3v) is 3.01. The summed E-state index contributed by atoms with van der Waals surface area (Å²) >= 11 is 0.185. The highest BCUT2D eigenvalue weighted by molar-refractivity contribution is 5.18. The van der Waals surface area contributed by atoms with Gasteiger partial charge >= 0.3 is 21.2 Å². The van der Waals surface area contributed by atoms with Crippen LogP contribution in [0, 0.1) is 3.57 Å². The maximum absolute atomic E-state index is 8.86. The molecule has 0 aromatic heterocycles. The van der Waals surface area contributed by atoms with Gasteiger partial charge in [-0.05, 0) is 24.3 Å². The van der Waals surface area contributed by atoms with Crippen LogP contribution in [0.15, 0.2) is 24.3 Å². The number of alkyl halides is 1. The lowest BCUT2D eigenvalue weighted by Gasteiger charge is -1.85. The number of rotatable bonds is 1.